The Morgan fingerprint density at radius 1 is 1.35 bits per heavy atom. The molecule has 1 aliphatic heterocycles. The van der Waals surface area contributed by atoms with E-state index in [2.05, 4.69) is 41.8 Å². The summed E-state index contributed by atoms with van der Waals surface area (Å²) in [6.45, 7) is 5.74. The van der Waals surface area contributed by atoms with Crippen LogP contribution in [0, 0.1) is 5.41 Å². The molecule has 1 aromatic rings. The van der Waals surface area contributed by atoms with Gasteiger partial charge < -0.3 is 10.6 Å². The first-order chi connectivity index (χ1) is 8.33. The number of nitrogens with one attached hydrogen (secondary N) is 2. The van der Waals surface area contributed by atoms with Gasteiger partial charge in [0.2, 0.25) is 0 Å². The Kier molecular flexibility index (Phi) is 2.83. The van der Waals surface area contributed by atoms with Crippen LogP contribution in [0.2, 0.25) is 0 Å². The number of rotatable bonds is 5. The van der Waals surface area contributed by atoms with Crippen LogP contribution in [0.4, 0.5) is 5.69 Å². The van der Waals surface area contributed by atoms with Crippen LogP contribution in [0.1, 0.15) is 37.7 Å². The highest BCUT2D eigenvalue weighted by atomic mass is 15.0. The number of benzene rings is 1. The molecule has 1 saturated carbocycles. The first-order valence-corrected chi connectivity index (χ1v) is 6.86. The van der Waals surface area contributed by atoms with E-state index in [1.165, 1.54) is 37.1 Å². The highest BCUT2D eigenvalue weighted by Crippen LogP contribution is 2.47. The minimum Gasteiger partial charge on any atom is -0.384 e. The van der Waals surface area contributed by atoms with Gasteiger partial charge >= 0.3 is 0 Å². The molecule has 1 unspecified atom stereocenters. The van der Waals surface area contributed by atoms with E-state index in [0.29, 0.717) is 11.3 Å². The van der Waals surface area contributed by atoms with Crippen LogP contribution in [0.5, 0.6) is 0 Å². The predicted molar refractivity (Wildman–Crippen MR) is 72.5 cm³/mol. The van der Waals surface area contributed by atoms with Crippen LogP contribution in [-0.2, 0) is 0 Å². The molecule has 1 heterocycles. The average molecular weight is 230 g/mol. The maximum Gasteiger partial charge on any atom is 0.0376 e. The zero-order chi connectivity index (χ0) is 11.7. The van der Waals surface area contributed by atoms with Gasteiger partial charge in [-0.05, 0) is 36.3 Å². The maximum atomic E-state index is 3.68. The molecule has 1 aromatic carbocycles. The molecule has 0 radical (unpaired) electrons. The smallest absolute Gasteiger partial charge is 0.0376 e. The zero-order valence-electron chi connectivity index (χ0n) is 10.6. The number of hydrogen-bond acceptors (Lipinski definition) is 2. The largest absolute Gasteiger partial charge is 0.384 e. The number of para-hydroxylation sites is 1. The Balaban J connectivity index is 1.54. The third-order valence-corrected chi connectivity index (χ3v) is 4.54. The maximum absolute atomic E-state index is 3.68. The van der Waals surface area contributed by atoms with Crippen molar-refractivity contribution in [2.75, 3.05) is 25.0 Å². The summed E-state index contributed by atoms with van der Waals surface area (Å²) >= 11 is 0. The lowest BCUT2D eigenvalue weighted by atomic mass is 10.00. The van der Waals surface area contributed by atoms with Crippen LogP contribution in [-0.4, -0.2) is 19.6 Å². The molecule has 2 N–H and O–H groups in total. The second kappa shape index (κ2) is 4.34. The molecule has 92 valence electrons. The topological polar surface area (TPSA) is 24.1 Å². The molecule has 2 heteroatoms. The van der Waals surface area contributed by atoms with E-state index in [4.69, 9.17) is 0 Å². The lowest BCUT2D eigenvalue weighted by Gasteiger charge is -2.16. The molecule has 1 atom stereocenters. The van der Waals surface area contributed by atoms with Crippen molar-refractivity contribution in [3.05, 3.63) is 29.8 Å². The molecule has 0 aromatic heterocycles. The van der Waals surface area contributed by atoms with Crippen LogP contribution in [0.3, 0.4) is 0 Å². The van der Waals surface area contributed by atoms with Gasteiger partial charge in [-0.2, -0.15) is 0 Å². The summed E-state index contributed by atoms with van der Waals surface area (Å²) in [6.07, 6.45) is 4.19. The molecule has 1 fully saturated rings. The minimum atomic E-state index is 0.652. The third kappa shape index (κ3) is 2.19. The predicted octanol–water partition coefficient (Wildman–Crippen LogP) is 2.98. The molecule has 3 rings (SSSR count). The van der Waals surface area contributed by atoms with Gasteiger partial charge in [-0.1, -0.05) is 25.1 Å². The molecular weight excluding hydrogens is 208 g/mol. The van der Waals surface area contributed by atoms with Gasteiger partial charge in [0.25, 0.3) is 0 Å². The molecule has 17 heavy (non-hydrogen) atoms. The molecule has 2 aliphatic rings. The number of anilines is 1. The average Bonchev–Trinajstić information content (AvgIpc) is 3.04. The molecule has 0 bridgehead atoms. The Bertz CT molecular complexity index is 396. The van der Waals surface area contributed by atoms with E-state index in [1.807, 2.05) is 0 Å². The molecule has 2 nitrogen and oxygen atoms in total. The summed E-state index contributed by atoms with van der Waals surface area (Å²) in [5, 5.41) is 7.17. The fourth-order valence-corrected chi connectivity index (χ4v) is 2.88. The van der Waals surface area contributed by atoms with Crippen molar-refractivity contribution in [1.82, 2.24) is 5.32 Å². The summed E-state index contributed by atoms with van der Waals surface area (Å²) in [4.78, 5) is 0. The van der Waals surface area contributed by atoms with E-state index in [1.54, 1.807) is 0 Å². The van der Waals surface area contributed by atoms with Crippen molar-refractivity contribution in [3.8, 4) is 0 Å². The highest BCUT2D eigenvalue weighted by Gasteiger charge is 2.40. The Hall–Kier alpha value is -1.02. The van der Waals surface area contributed by atoms with Crippen molar-refractivity contribution in [1.29, 1.82) is 0 Å². The molecule has 0 amide bonds. The molecule has 0 spiro atoms. The van der Waals surface area contributed by atoms with Crippen molar-refractivity contribution < 1.29 is 0 Å². The molecular formula is C15H22N2. The highest BCUT2D eigenvalue weighted by molar-refractivity contribution is 5.57. The van der Waals surface area contributed by atoms with Crippen LogP contribution < -0.4 is 10.6 Å². The van der Waals surface area contributed by atoms with Gasteiger partial charge in [0, 0.05) is 31.2 Å². The van der Waals surface area contributed by atoms with Crippen molar-refractivity contribution in [3.63, 3.8) is 0 Å². The minimum absolute atomic E-state index is 0.652. The van der Waals surface area contributed by atoms with Crippen LogP contribution >= 0.6 is 0 Å². The Morgan fingerprint density at radius 3 is 2.94 bits per heavy atom. The second-order valence-electron chi connectivity index (χ2n) is 5.65. The van der Waals surface area contributed by atoms with Gasteiger partial charge in [0.1, 0.15) is 0 Å². The van der Waals surface area contributed by atoms with Gasteiger partial charge in [-0.3, -0.25) is 0 Å². The van der Waals surface area contributed by atoms with Crippen LogP contribution in [0.15, 0.2) is 24.3 Å². The molecule has 0 saturated heterocycles. The van der Waals surface area contributed by atoms with Gasteiger partial charge in [-0.25, -0.2) is 0 Å². The quantitative estimate of drug-likeness (QED) is 0.812. The van der Waals surface area contributed by atoms with Gasteiger partial charge in [0.05, 0.1) is 0 Å². The summed E-state index contributed by atoms with van der Waals surface area (Å²) in [5.41, 5.74) is 3.48. The van der Waals surface area contributed by atoms with Crippen LogP contribution in [0.25, 0.3) is 0 Å². The van der Waals surface area contributed by atoms with E-state index < -0.39 is 0 Å². The third-order valence-electron chi connectivity index (χ3n) is 4.54. The normalized spacial score (nSPS) is 24.2. The lowest BCUT2D eigenvalue weighted by Crippen LogP contribution is -2.28. The standard InChI is InChI=1S/C15H22N2/c1-2-15(7-8-15)11-16-9-12-10-17-14-6-4-3-5-13(12)14/h3-6,12,16-17H,2,7-11H2,1H3. The Labute approximate surface area is 104 Å². The summed E-state index contributed by atoms with van der Waals surface area (Å²) < 4.78 is 0. The second-order valence-corrected chi connectivity index (χ2v) is 5.65. The SMILES string of the molecule is CCC1(CNCC2CNc3ccccc32)CC1. The first-order valence-electron chi connectivity index (χ1n) is 6.86. The van der Waals surface area contributed by atoms with E-state index >= 15 is 0 Å². The Morgan fingerprint density at radius 2 is 2.18 bits per heavy atom. The monoisotopic (exact) mass is 230 g/mol. The first kappa shape index (κ1) is 11.1. The van der Waals surface area contributed by atoms with E-state index in [9.17, 15) is 0 Å². The summed E-state index contributed by atoms with van der Waals surface area (Å²) in [7, 11) is 0. The van der Waals surface area contributed by atoms with Crippen molar-refractivity contribution in [2.24, 2.45) is 5.41 Å². The van der Waals surface area contributed by atoms with Gasteiger partial charge in [-0.15, -0.1) is 0 Å². The van der Waals surface area contributed by atoms with E-state index in [0.717, 1.165) is 13.1 Å². The number of fused-ring (bicyclic) bond motifs is 1. The zero-order valence-corrected chi connectivity index (χ0v) is 10.6. The van der Waals surface area contributed by atoms with Crippen molar-refractivity contribution in [2.45, 2.75) is 32.1 Å². The summed E-state index contributed by atoms with van der Waals surface area (Å²) in [6, 6.07) is 8.70. The lowest BCUT2D eigenvalue weighted by molar-refractivity contribution is 0.436. The fraction of sp³-hybridized carbons (Fsp3) is 0.600. The van der Waals surface area contributed by atoms with Crippen molar-refractivity contribution >= 4 is 5.69 Å². The fourth-order valence-electron chi connectivity index (χ4n) is 2.88. The summed E-state index contributed by atoms with van der Waals surface area (Å²) in [5.74, 6) is 0.652. The number of hydrogen-bond donors (Lipinski definition) is 2. The molecule has 1 aliphatic carbocycles. The van der Waals surface area contributed by atoms with Gasteiger partial charge in [0.15, 0.2) is 0 Å². The van der Waals surface area contributed by atoms with E-state index in [-0.39, 0.29) is 0 Å².